The Hall–Kier alpha value is -1.51. The fourth-order valence-electron chi connectivity index (χ4n) is 2.48. The third-order valence-electron chi connectivity index (χ3n) is 3.63. The summed E-state index contributed by atoms with van der Waals surface area (Å²) < 4.78 is 0. The Balaban J connectivity index is 2.18. The van der Waals surface area contributed by atoms with Gasteiger partial charge in [0.15, 0.2) is 0 Å². The lowest BCUT2D eigenvalue weighted by Gasteiger charge is -2.38. The fourth-order valence-corrected chi connectivity index (χ4v) is 2.48. The minimum absolute atomic E-state index is 0.136. The maximum Gasteiger partial charge on any atom is 0.122 e. The van der Waals surface area contributed by atoms with Gasteiger partial charge in [-0.2, -0.15) is 0 Å². The molecule has 3 nitrogen and oxygen atoms in total. The highest BCUT2D eigenvalue weighted by atomic mass is 15.2. The lowest BCUT2D eigenvalue weighted by molar-refractivity contribution is 0.390. The van der Waals surface area contributed by atoms with Crippen molar-refractivity contribution in [1.29, 1.82) is 5.41 Å². The molecule has 0 saturated carbocycles. The molecule has 0 radical (unpaired) electrons. The minimum atomic E-state index is 0.136. The number of rotatable bonds is 2. The molecule has 1 saturated heterocycles. The Morgan fingerprint density at radius 2 is 1.88 bits per heavy atom. The summed E-state index contributed by atoms with van der Waals surface area (Å²) in [5.41, 5.74) is 7.50. The summed E-state index contributed by atoms with van der Waals surface area (Å²) >= 11 is 0. The molecule has 1 aliphatic rings. The number of nitrogens with one attached hydrogen (secondary N) is 1. The third kappa shape index (κ3) is 2.60. The fraction of sp³-hybridized carbons (Fsp3) is 0.500. The number of piperidine rings is 1. The molecule has 1 aromatic carbocycles. The molecule has 0 amide bonds. The number of nitrogen functional groups attached to an aromatic ring is 1. The van der Waals surface area contributed by atoms with Crippen LogP contribution in [0.5, 0.6) is 0 Å². The second-order valence-electron chi connectivity index (χ2n) is 5.14. The molecule has 0 aromatic heterocycles. The van der Waals surface area contributed by atoms with Crippen molar-refractivity contribution in [3.63, 3.8) is 0 Å². The van der Waals surface area contributed by atoms with Gasteiger partial charge in [-0.15, -0.1) is 0 Å². The quantitative estimate of drug-likeness (QED) is 0.607. The lowest BCUT2D eigenvalue weighted by Crippen LogP contribution is -2.41. The highest BCUT2D eigenvalue weighted by Gasteiger charge is 2.22. The van der Waals surface area contributed by atoms with E-state index in [1.165, 1.54) is 18.5 Å². The zero-order chi connectivity index (χ0) is 12.4. The van der Waals surface area contributed by atoms with Crippen LogP contribution in [0.15, 0.2) is 24.3 Å². The average Bonchev–Trinajstić information content (AvgIpc) is 2.32. The number of hydrogen-bond donors (Lipinski definition) is 2. The second-order valence-corrected chi connectivity index (χ2v) is 5.14. The van der Waals surface area contributed by atoms with Crippen LogP contribution in [-0.2, 0) is 0 Å². The smallest absolute Gasteiger partial charge is 0.122 e. The predicted molar refractivity (Wildman–Crippen MR) is 72.7 cm³/mol. The summed E-state index contributed by atoms with van der Waals surface area (Å²) in [4.78, 5) is 2.46. The van der Waals surface area contributed by atoms with Gasteiger partial charge in [0, 0.05) is 23.8 Å². The van der Waals surface area contributed by atoms with Gasteiger partial charge in [0.25, 0.3) is 0 Å². The Morgan fingerprint density at radius 1 is 1.24 bits per heavy atom. The van der Waals surface area contributed by atoms with E-state index >= 15 is 0 Å². The maximum absolute atomic E-state index is 7.39. The Labute approximate surface area is 103 Å². The standard InChI is InChI=1S/C14H21N3/c1-10-3-4-11(2)17(9-10)13-7-5-12(6-8-13)14(15)16/h5-8,10-11H,3-4,9H2,1-2H3,(H3,15,16). The first-order valence-corrected chi connectivity index (χ1v) is 6.29. The summed E-state index contributed by atoms with van der Waals surface area (Å²) in [6.45, 7) is 5.72. The van der Waals surface area contributed by atoms with Gasteiger partial charge in [0.2, 0.25) is 0 Å². The van der Waals surface area contributed by atoms with Crippen LogP contribution in [0.25, 0.3) is 0 Å². The molecular formula is C14H21N3. The number of amidine groups is 1. The van der Waals surface area contributed by atoms with Crippen molar-refractivity contribution in [2.75, 3.05) is 11.4 Å². The van der Waals surface area contributed by atoms with Gasteiger partial charge in [0.05, 0.1) is 0 Å². The monoisotopic (exact) mass is 231 g/mol. The molecule has 0 spiro atoms. The summed E-state index contributed by atoms with van der Waals surface area (Å²) in [7, 11) is 0. The van der Waals surface area contributed by atoms with E-state index < -0.39 is 0 Å². The first-order valence-electron chi connectivity index (χ1n) is 6.29. The molecule has 1 heterocycles. The number of nitrogens with zero attached hydrogens (tertiary/aromatic N) is 1. The van der Waals surface area contributed by atoms with E-state index in [2.05, 4.69) is 30.9 Å². The van der Waals surface area contributed by atoms with E-state index in [1.54, 1.807) is 0 Å². The number of hydrogen-bond acceptors (Lipinski definition) is 2. The topological polar surface area (TPSA) is 53.1 Å². The normalized spacial score (nSPS) is 24.7. The lowest BCUT2D eigenvalue weighted by atomic mass is 9.94. The Bertz CT molecular complexity index is 396. The molecule has 1 fully saturated rings. The van der Waals surface area contributed by atoms with Crippen LogP contribution in [-0.4, -0.2) is 18.4 Å². The van der Waals surface area contributed by atoms with Gasteiger partial charge < -0.3 is 10.6 Å². The highest BCUT2D eigenvalue weighted by Crippen LogP contribution is 2.27. The van der Waals surface area contributed by atoms with Gasteiger partial charge in [0.1, 0.15) is 5.84 Å². The molecule has 2 unspecified atom stereocenters. The van der Waals surface area contributed by atoms with Crippen LogP contribution in [0.3, 0.4) is 0 Å². The summed E-state index contributed by atoms with van der Waals surface area (Å²) in [6, 6.07) is 8.62. The molecule has 3 N–H and O–H groups in total. The average molecular weight is 231 g/mol. The van der Waals surface area contributed by atoms with Crippen LogP contribution >= 0.6 is 0 Å². The predicted octanol–water partition coefficient (Wildman–Crippen LogP) is 2.60. The third-order valence-corrected chi connectivity index (χ3v) is 3.63. The van der Waals surface area contributed by atoms with Crippen molar-refractivity contribution >= 4 is 11.5 Å². The van der Waals surface area contributed by atoms with E-state index in [1.807, 2.05) is 12.1 Å². The SMILES string of the molecule is CC1CCC(C)N(c2ccc(C(=N)N)cc2)C1. The van der Waals surface area contributed by atoms with Crippen molar-refractivity contribution in [1.82, 2.24) is 0 Å². The van der Waals surface area contributed by atoms with Gasteiger partial charge in [-0.05, 0) is 49.9 Å². The van der Waals surface area contributed by atoms with Crippen molar-refractivity contribution in [2.24, 2.45) is 11.7 Å². The molecule has 0 bridgehead atoms. The summed E-state index contributed by atoms with van der Waals surface area (Å²) in [5.74, 6) is 0.898. The van der Waals surface area contributed by atoms with Crippen molar-refractivity contribution < 1.29 is 0 Å². The van der Waals surface area contributed by atoms with E-state index in [4.69, 9.17) is 11.1 Å². The van der Waals surface area contributed by atoms with Crippen molar-refractivity contribution in [2.45, 2.75) is 32.7 Å². The van der Waals surface area contributed by atoms with Gasteiger partial charge in [-0.3, -0.25) is 5.41 Å². The molecule has 1 aliphatic heterocycles. The largest absolute Gasteiger partial charge is 0.384 e. The van der Waals surface area contributed by atoms with E-state index in [9.17, 15) is 0 Å². The zero-order valence-electron chi connectivity index (χ0n) is 10.6. The minimum Gasteiger partial charge on any atom is -0.384 e. The van der Waals surface area contributed by atoms with Gasteiger partial charge in [-0.25, -0.2) is 0 Å². The molecule has 2 atom stereocenters. The highest BCUT2D eigenvalue weighted by molar-refractivity contribution is 5.95. The Morgan fingerprint density at radius 3 is 2.47 bits per heavy atom. The maximum atomic E-state index is 7.39. The van der Waals surface area contributed by atoms with Crippen LogP contribution < -0.4 is 10.6 Å². The van der Waals surface area contributed by atoms with Crippen LogP contribution in [0.2, 0.25) is 0 Å². The van der Waals surface area contributed by atoms with E-state index in [0.717, 1.165) is 18.0 Å². The van der Waals surface area contributed by atoms with Crippen molar-refractivity contribution in [3.05, 3.63) is 29.8 Å². The van der Waals surface area contributed by atoms with Crippen molar-refractivity contribution in [3.8, 4) is 0 Å². The molecule has 92 valence electrons. The van der Waals surface area contributed by atoms with E-state index in [-0.39, 0.29) is 5.84 Å². The van der Waals surface area contributed by atoms with Gasteiger partial charge >= 0.3 is 0 Å². The number of nitrogens with two attached hydrogens (primary N) is 1. The molecule has 1 aromatic rings. The van der Waals surface area contributed by atoms with Crippen LogP contribution in [0, 0.1) is 11.3 Å². The summed E-state index contributed by atoms with van der Waals surface area (Å²) in [6.07, 6.45) is 2.58. The Kier molecular flexibility index (Phi) is 3.36. The molecule has 2 rings (SSSR count). The molecule has 0 aliphatic carbocycles. The van der Waals surface area contributed by atoms with Crippen LogP contribution in [0.1, 0.15) is 32.3 Å². The molecule has 17 heavy (non-hydrogen) atoms. The first kappa shape index (κ1) is 12.0. The zero-order valence-corrected chi connectivity index (χ0v) is 10.6. The summed E-state index contributed by atoms with van der Waals surface area (Å²) in [5, 5.41) is 7.39. The van der Waals surface area contributed by atoms with E-state index in [0.29, 0.717) is 6.04 Å². The van der Waals surface area contributed by atoms with Crippen LogP contribution in [0.4, 0.5) is 5.69 Å². The molecular weight excluding hydrogens is 210 g/mol. The van der Waals surface area contributed by atoms with Gasteiger partial charge in [-0.1, -0.05) is 6.92 Å². The number of benzene rings is 1. The number of anilines is 1. The second kappa shape index (κ2) is 4.78. The molecule has 3 heteroatoms. The first-order chi connectivity index (χ1) is 8.08.